The number of hydrogen-bond donors (Lipinski definition) is 2. The Morgan fingerprint density at radius 2 is 2.11 bits per heavy atom. The quantitative estimate of drug-likeness (QED) is 0.695. The highest BCUT2D eigenvalue weighted by atomic mass is 32.2. The highest BCUT2D eigenvalue weighted by Crippen LogP contribution is 1.97. The van der Waals surface area contributed by atoms with Gasteiger partial charge in [-0.1, -0.05) is 6.92 Å². The molecule has 0 aliphatic carbocycles. The second-order valence-corrected chi connectivity index (χ2v) is 6.51. The van der Waals surface area contributed by atoms with Gasteiger partial charge in [-0.3, -0.25) is 9.89 Å². The Morgan fingerprint density at radius 1 is 1.42 bits per heavy atom. The Balaban J connectivity index is 2.47. The van der Waals surface area contributed by atoms with Crippen LogP contribution in [0, 0.1) is 0 Å². The van der Waals surface area contributed by atoms with Crippen LogP contribution in [0.1, 0.15) is 29.8 Å². The molecule has 0 saturated carbocycles. The molecule has 0 saturated heterocycles. The average Bonchev–Trinajstić information content (AvgIpc) is 2.77. The Labute approximate surface area is 112 Å². The van der Waals surface area contributed by atoms with E-state index in [1.165, 1.54) is 14.1 Å². The van der Waals surface area contributed by atoms with Crippen molar-refractivity contribution in [3.05, 3.63) is 11.6 Å². The van der Waals surface area contributed by atoms with Crippen LogP contribution >= 0.6 is 0 Å². The predicted molar refractivity (Wildman–Crippen MR) is 70.2 cm³/mol. The van der Waals surface area contributed by atoms with E-state index in [2.05, 4.69) is 20.5 Å². The first kappa shape index (κ1) is 15.6. The van der Waals surface area contributed by atoms with Gasteiger partial charge in [0.15, 0.2) is 0 Å². The maximum absolute atomic E-state index is 11.7. The smallest absolute Gasteiger partial charge is 0.290 e. The molecule has 2 N–H and O–H groups in total. The summed E-state index contributed by atoms with van der Waals surface area (Å²) in [5, 5.41) is 8.92. The number of hydrogen-bond acceptors (Lipinski definition) is 5. The predicted octanol–water partition coefficient (Wildman–Crippen LogP) is -0.622. The van der Waals surface area contributed by atoms with E-state index in [4.69, 9.17) is 0 Å². The van der Waals surface area contributed by atoms with Gasteiger partial charge in [0.1, 0.15) is 5.82 Å². The third kappa shape index (κ3) is 4.60. The van der Waals surface area contributed by atoms with E-state index in [1.807, 2.05) is 6.92 Å². The summed E-state index contributed by atoms with van der Waals surface area (Å²) in [5.74, 6) is 0.0460. The van der Waals surface area contributed by atoms with Gasteiger partial charge in [-0.25, -0.2) is 17.7 Å². The molecule has 0 aliphatic heterocycles. The van der Waals surface area contributed by atoms with E-state index < -0.39 is 15.9 Å². The Bertz CT molecular complexity index is 523. The van der Waals surface area contributed by atoms with Crippen LogP contribution in [0.15, 0.2) is 0 Å². The molecule has 1 heterocycles. The molecule has 1 amide bonds. The molecule has 0 spiro atoms. The molecule has 19 heavy (non-hydrogen) atoms. The van der Waals surface area contributed by atoms with Crippen LogP contribution in [-0.4, -0.2) is 60.2 Å². The van der Waals surface area contributed by atoms with Crippen LogP contribution in [0.25, 0.3) is 0 Å². The lowest BCUT2D eigenvalue weighted by molar-refractivity contribution is 0.0946. The van der Waals surface area contributed by atoms with Gasteiger partial charge in [-0.15, -0.1) is 5.10 Å². The van der Waals surface area contributed by atoms with Crippen molar-refractivity contribution in [3.63, 3.8) is 0 Å². The number of nitrogens with one attached hydrogen (secondary N) is 2. The molecule has 8 nitrogen and oxygen atoms in total. The second kappa shape index (κ2) is 6.62. The zero-order valence-electron chi connectivity index (χ0n) is 11.3. The molecule has 0 radical (unpaired) electrons. The molecule has 1 rings (SSSR count). The summed E-state index contributed by atoms with van der Waals surface area (Å²) < 4.78 is 24.1. The first-order valence-corrected chi connectivity index (χ1v) is 7.57. The molecular formula is C10H19N5O3S. The number of nitrogens with zero attached hydrogens (tertiary/aromatic N) is 3. The number of carbonyl (C=O) groups excluding carboxylic acids is 1. The zero-order chi connectivity index (χ0) is 14.5. The molecular weight excluding hydrogens is 270 g/mol. The lowest BCUT2D eigenvalue weighted by atomic mass is 10.3. The lowest BCUT2D eigenvalue weighted by Gasteiger charge is -2.10. The van der Waals surface area contributed by atoms with Gasteiger partial charge < -0.3 is 5.32 Å². The van der Waals surface area contributed by atoms with Gasteiger partial charge in [0.25, 0.3) is 5.91 Å². The summed E-state index contributed by atoms with van der Waals surface area (Å²) >= 11 is 0. The maximum atomic E-state index is 11.7. The summed E-state index contributed by atoms with van der Waals surface area (Å²) in [6.45, 7) is 2.02. The highest BCUT2D eigenvalue weighted by Gasteiger charge is 2.16. The number of H-pyrrole nitrogens is 1. The maximum Gasteiger partial charge on any atom is 0.290 e. The minimum atomic E-state index is -3.31. The number of sulfonamides is 1. The van der Waals surface area contributed by atoms with Crippen LogP contribution in [-0.2, 0) is 16.4 Å². The second-order valence-electron chi connectivity index (χ2n) is 4.21. The third-order valence-electron chi connectivity index (χ3n) is 2.42. The van der Waals surface area contributed by atoms with Gasteiger partial charge in [-0.05, 0) is 6.42 Å². The van der Waals surface area contributed by atoms with Crippen LogP contribution in [0.5, 0.6) is 0 Å². The molecule has 0 aromatic carbocycles. The Morgan fingerprint density at radius 3 is 2.68 bits per heavy atom. The van der Waals surface area contributed by atoms with E-state index in [1.54, 1.807) is 0 Å². The van der Waals surface area contributed by atoms with E-state index >= 15 is 0 Å². The Hall–Kier alpha value is -1.48. The number of aromatic amines is 1. The number of rotatable bonds is 7. The molecule has 1 aromatic heterocycles. The van der Waals surface area contributed by atoms with Crippen molar-refractivity contribution < 1.29 is 13.2 Å². The van der Waals surface area contributed by atoms with Crippen LogP contribution in [0.3, 0.4) is 0 Å². The van der Waals surface area contributed by atoms with E-state index in [0.717, 1.165) is 17.1 Å². The minimum absolute atomic E-state index is 0.0248. The summed E-state index contributed by atoms with van der Waals surface area (Å²) in [4.78, 5) is 15.7. The Kier molecular flexibility index (Phi) is 5.43. The van der Waals surface area contributed by atoms with Crippen molar-refractivity contribution in [2.45, 2.75) is 19.8 Å². The first-order chi connectivity index (χ1) is 8.86. The molecule has 0 aliphatic rings. The van der Waals surface area contributed by atoms with Gasteiger partial charge in [0, 0.05) is 27.1 Å². The number of carbonyl (C=O) groups is 1. The summed E-state index contributed by atoms with van der Waals surface area (Å²) in [6.07, 6.45) is 1.62. The number of amides is 1. The molecule has 1 aromatic rings. The fraction of sp³-hybridized carbons (Fsp3) is 0.700. The van der Waals surface area contributed by atoms with Gasteiger partial charge in [-0.2, -0.15) is 0 Å². The van der Waals surface area contributed by atoms with Crippen molar-refractivity contribution in [2.24, 2.45) is 0 Å². The molecule has 0 atom stereocenters. The van der Waals surface area contributed by atoms with Crippen molar-refractivity contribution in [1.29, 1.82) is 0 Å². The van der Waals surface area contributed by atoms with Crippen LogP contribution in [0.2, 0.25) is 0 Å². The third-order valence-corrected chi connectivity index (χ3v) is 4.26. The van der Waals surface area contributed by atoms with Crippen LogP contribution < -0.4 is 5.32 Å². The summed E-state index contributed by atoms with van der Waals surface area (Å²) in [5.41, 5.74) is 0. The van der Waals surface area contributed by atoms with Crippen LogP contribution in [0.4, 0.5) is 0 Å². The van der Waals surface area contributed by atoms with Crippen molar-refractivity contribution >= 4 is 15.9 Å². The molecule has 9 heteroatoms. The minimum Gasteiger partial charge on any atom is -0.348 e. The topological polar surface area (TPSA) is 108 Å². The highest BCUT2D eigenvalue weighted by molar-refractivity contribution is 7.89. The largest absolute Gasteiger partial charge is 0.348 e. The van der Waals surface area contributed by atoms with Crippen molar-refractivity contribution in [3.8, 4) is 0 Å². The van der Waals surface area contributed by atoms with Crippen molar-refractivity contribution in [1.82, 2.24) is 24.8 Å². The molecule has 0 bridgehead atoms. The van der Waals surface area contributed by atoms with Gasteiger partial charge >= 0.3 is 0 Å². The fourth-order valence-electron chi connectivity index (χ4n) is 1.30. The SMILES string of the molecule is CCCc1nc(C(=O)NCCS(=O)(=O)N(C)C)n[nH]1. The first-order valence-electron chi connectivity index (χ1n) is 5.96. The summed E-state index contributed by atoms with van der Waals surface area (Å²) in [7, 11) is -0.414. The zero-order valence-corrected chi connectivity index (χ0v) is 12.1. The van der Waals surface area contributed by atoms with E-state index in [9.17, 15) is 13.2 Å². The van der Waals surface area contributed by atoms with E-state index in [-0.39, 0.29) is 18.1 Å². The normalized spacial score (nSPS) is 11.8. The van der Waals surface area contributed by atoms with Gasteiger partial charge in [0.2, 0.25) is 15.8 Å². The molecule has 0 fully saturated rings. The van der Waals surface area contributed by atoms with E-state index in [0.29, 0.717) is 5.82 Å². The van der Waals surface area contributed by atoms with Gasteiger partial charge in [0.05, 0.1) is 5.75 Å². The number of aromatic nitrogens is 3. The summed E-state index contributed by atoms with van der Waals surface area (Å²) in [6, 6.07) is 0. The average molecular weight is 289 g/mol. The molecule has 0 unspecified atom stereocenters. The lowest BCUT2D eigenvalue weighted by Crippen LogP contribution is -2.34. The fourth-order valence-corrected chi connectivity index (χ4v) is 2.03. The standard InChI is InChI=1S/C10H19N5O3S/c1-4-5-8-12-9(14-13-8)10(16)11-6-7-19(17,18)15(2)3/h4-7H2,1-3H3,(H,11,16)(H,12,13,14). The van der Waals surface area contributed by atoms with Crippen molar-refractivity contribution in [2.75, 3.05) is 26.4 Å². The monoisotopic (exact) mass is 289 g/mol. The number of aryl methyl sites for hydroxylation is 1. The molecule has 108 valence electrons.